The van der Waals surface area contributed by atoms with Crippen molar-refractivity contribution >= 4 is 5.91 Å². The Kier molecular flexibility index (Phi) is 6.41. The molecule has 2 aromatic carbocycles. The number of carbonyl (C=O) groups is 1. The normalized spacial score (nSPS) is 19.2. The minimum absolute atomic E-state index is 0.00892. The second-order valence-electron chi connectivity index (χ2n) is 7.21. The lowest BCUT2D eigenvalue weighted by molar-refractivity contribution is -0.150. The largest absolute Gasteiger partial charge is 0.459 e. The number of allylic oxidation sites excluding steroid dienone is 1. The third-order valence-electron chi connectivity index (χ3n) is 5.10. The summed E-state index contributed by atoms with van der Waals surface area (Å²) in [7, 11) is 0. The number of hydrogen-bond donors (Lipinski definition) is 2. The highest BCUT2D eigenvalue weighted by molar-refractivity contribution is 5.91. The summed E-state index contributed by atoms with van der Waals surface area (Å²) in [6, 6.07) is 13.2. The van der Waals surface area contributed by atoms with Crippen molar-refractivity contribution in [3.8, 4) is 23.8 Å². The van der Waals surface area contributed by atoms with E-state index < -0.39 is 6.29 Å². The van der Waals surface area contributed by atoms with Gasteiger partial charge in [0.25, 0.3) is 5.91 Å². The van der Waals surface area contributed by atoms with Crippen LogP contribution >= 0.6 is 0 Å². The van der Waals surface area contributed by atoms with Crippen molar-refractivity contribution in [2.45, 2.75) is 31.8 Å². The van der Waals surface area contributed by atoms with Gasteiger partial charge in [-0.1, -0.05) is 36.3 Å². The first-order valence-electron chi connectivity index (χ1n) is 9.96. The molecule has 0 radical (unpaired) electrons. The molecule has 2 aliphatic heterocycles. The molecule has 7 nitrogen and oxygen atoms in total. The van der Waals surface area contributed by atoms with E-state index in [2.05, 4.69) is 11.2 Å². The van der Waals surface area contributed by atoms with Gasteiger partial charge in [-0.25, -0.2) is 0 Å². The molecule has 0 saturated heterocycles. The van der Waals surface area contributed by atoms with Crippen molar-refractivity contribution in [1.82, 2.24) is 5.32 Å². The Morgan fingerprint density at radius 2 is 1.94 bits per heavy atom. The number of ether oxygens (including phenoxy) is 4. The highest BCUT2D eigenvalue weighted by atomic mass is 16.7. The maximum atomic E-state index is 12.5. The molecule has 0 aromatic heterocycles. The van der Waals surface area contributed by atoms with Crippen LogP contribution < -0.4 is 14.8 Å². The summed E-state index contributed by atoms with van der Waals surface area (Å²) in [5.41, 5.74) is 2.74. The molecule has 0 bridgehead atoms. The van der Waals surface area contributed by atoms with Gasteiger partial charge in [0.1, 0.15) is 0 Å². The van der Waals surface area contributed by atoms with Crippen LogP contribution in [0.3, 0.4) is 0 Å². The Labute approximate surface area is 180 Å². The lowest BCUT2D eigenvalue weighted by atomic mass is 9.92. The van der Waals surface area contributed by atoms with E-state index in [1.165, 1.54) is 0 Å². The number of terminal acetylenes is 1. The van der Waals surface area contributed by atoms with Crippen LogP contribution in [0.5, 0.6) is 11.5 Å². The Bertz CT molecular complexity index is 1010. The van der Waals surface area contributed by atoms with E-state index in [1.807, 2.05) is 42.5 Å². The third-order valence-corrected chi connectivity index (χ3v) is 5.10. The maximum Gasteiger partial charge on any atom is 0.286 e. The zero-order chi connectivity index (χ0) is 21.6. The van der Waals surface area contributed by atoms with Gasteiger partial charge in [0.15, 0.2) is 17.3 Å². The van der Waals surface area contributed by atoms with Gasteiger partial charge in [-0.05, 0) is 34.9 Å². The molecule has 1 amide bonds. The van der Waals surface area contributed by atoms with Gasteiger partial charge >= 0.3 is 0 Å². The Balaban J connectivity index is 1.50. The van der Waals surface area contributed by atoms with Crippen molar-refractivity contribution in [3.05, 3.63) is 71.0 Å². The summed E-state index contributed by atoms with van der Waals surface area (Å²) in [5, 5.41) is 11.8. The lowest BCUT2D eigenvalue weighted by Gasteiger charge is -2.29. The van der Waals surface area contributed by atoms with Gasteiger partial charge in [0, 0.05) is 12.3 Å². The summed E-state index contributed by atoms with van der Waals surface area (Å²) in [5.74, 6) is 3.43. The van der Waals surface area contributed by atoms with Gasteiger partial charge in [-0.3, -0.25) is 4.79 Å². The average molecular weight is 421 g/mol. The molecule has 31 heavy (non-hydrogen) atoms. The quantitative estimate of drug-likeness (QED) is 0.669. The third kappa shape index (κ3) is 5.00. The monoisotopic (exact) mass is 421 g/mol. The number of nitrogens with one attached hydrogen (secondary N) is 1. The second-order valence-corrected chi connectivity index (χ2v) is 7.21. The van der Waals surface area contributed by atoms with Crippen molar-refractivity contribution in [3.63, 3.8) is 0 Å². The Morgan fingerprint density at radius 1 is 1.16 bits per heavy atom. The van der Waals surface area contributed by atoms with E-state index in [4.69, 9.17) is 25.4 Å². The fourth-order valence-electron chi connectivity index (χ4n) is 3.44. The highest BCUT2D eigenvalue weighted by Gasteiger charge is 2.29. The van der Waals surface area contributed by atoms with Crippen LogP contribution in [0.2, 0.25) is 0 Å². The van der Waals surface area contributed by atoms with Gasteiger partial charge in [0.05, 0.1) is 19.8 Å². The number of benzene rings is 2. The summed E-state index contributed by atoms with van der Waals surface area (Å²) in [6.07, 6.45) is 6.93. The second kappa shape index (κ2) is 9.56. The SMILES string of the molecule is C#CCNC(=O)C1=C[C@H](c2ccc3c(c2)OCO3)C[C@H](OCc2ccc(CO)cc2)O1. The molecule has 2 heterocycles. The summed E-state index contributed by atoms with van der Waals surface area (Å²) >= 11 is 0. The molecule has 0 saturated carbocycles. The van der Waals surface area contributed by atoms with Crippen LogP contribution in [0.4, 0.5) is 0 Å². The van der Waals surface area contributed by atoms with E-state index in [-0.39, 0.29) is 37.5 Å². The fraction of sp³-hybridized carbons (Fsp3) is 0.292. The minimum atomic E-state index is -0.621. The predicted octanol–water partition coefficient (Wildman–Crippen LogP) is 2.59. The molecule has 0 spiro atoms. The Hall–Kier alpha value is -3.47. The van der Waals surface area contributed by atoms with Crippen molar-refractivity contribution in [2.24, 2.45) is 0 Å². The maximum absolute atomic E-state index is 12.5. The molecular formula is C24H23NO6. The van der Waals surface area contributed by atoms with E-state index in [1.54, 1.807) is 6.08 Å². The lowest BCUT2D eigenvalue weighted by Crippen LogP contribution is -2.33. The number of fused-ring (bicyclic) bond motifs is 1. The molecule has 0 aliphatic carbocycles. The molecule has 4 rings (SSSR count). The molecule has 2 atom stereocenters. The first-order valence-corrected chi connectivity index (χ1v) is 9.96. The molecule has 2 aromatic rings. The Morgan fingerprint density at radius 3 is 2.71 bits per heavy atom. The predicted molar refractivity (Wildman–Crippen MR) is 112 cm³/mol. The topological polar surface area (TPSA) is 86.3 Å². The molecule has 2 aliphatic rings. The molecule has 7 heteroatoms. The zero-order valence-corrected chi connectivity index (χ0v) is 16.9. The van der Waals surface area contributed by atoms with E-state index >= 15 is 0 Å². The number of aliphatic hydroxyl groups excluding tert-OH is 1. The van der Waals surface area contributed by atoms with Crippen LogP contribution in [0.15, 0.2) is 54.3 Å². The molecule has 2 N–H and O–H groups in total. The van der Waals surface area contributed by atoms with E-state index in [0.717, 1.165) is 16.7 Å². The number of hydrogen-bond acceptors (Lipinski definition) is 6. The average Bonchev–Trinajstić information content (AvgIpc) is 3.29. The minimum Gasteiger partial charge on any atom is -0.459 e. The summed E-state index contributed by atoms with van der Waals surface area (Å²) < 4.78 is 22.7. The van der Waals surface area contributed by atoms with Crippen LogP contribution in [0.1, 0.15) is 29.0 Å². The van der Waals surface area contributed by atoms with Gasteiger partial charge in [0.2, 0.25) is 13.1 Å². The number of aliphatic hydroxyl groups is 1. The summed E-state index contributed by atoms with van der Waals surface area (Å²) in [4.78, 5) is 12.5. The standard InChI is InChI=1S/C24H23NO6/c1-2-9-25-24(27)22-11-19(18-7-8-20-21(10-18)30-15-29-20)12-23(31-22)28-14-17-5-3-16(13-26)4-6-17/h1,3-8,10-11,19,23,26H,9,12-15H2,(H,25,27)/t19-,23+/m0/s1. The van der Waals surface area contributed by atoms with Crippen molar-refractivity contribution in [1.29, 1.82) is 0 Å². The molecule has 160 valence electrons. The summed E-state index contributed by atoms with van der Waals surface area (Å²) in [6.45, 7) is 0.606. The first-order chi connectivity index (χ1) is 15.2. The van der Waals surface area contributed by atoms with Crippen LogP contribution in [0.25, 0.3) is 0 Å². The number of rotatable bonds is 7. The smallest absolute Gasteiger partial charge is 0.286 e. The first kappa shape index (κ1) is 20.8. The highest BCUT2D eigenvalue weighted by Crippen LogP contribution is 2.38. The van der Waals surface area contributed by atoms with Crippen LogP contribution in [-0.4, -0.2) is 30.6 Å². The van der Waals surface area contributed by atoms with Gasteiger partial charge < -0.3 is 29.4 Å². The van der Waals surface area contributed by atoms with Crippen LogP contribution in [0, 0.1) is 12.3 Å². The van der Waals surface area contributed by atoms with E-state index in [9.17, 15) is 9.90 Å². The number of carbonyl (C=O) groups excluding carboxylic acids is 1. The fourth-order valence-corrected chi connectivity index (χ4v) is 3.44. The molecule has 0 fully saturated rings. The van der Waals surface area contributed by atoms with Crippen molar-refractivity contribution < 1.29 is 28.8 Å². The van der Waals surface area contributed by atoms with Gasteiger partial charge in [-0.2, -0.15) is 0 Å². The molecular weight excluding hydrogens is 398 g/mol. The van der Waals surface area contributed by atoms with E-state index in [0.29, 0.717) is 24.5 Å². The number of amides is 1. The van der Waals surface area contributed by atoms with Crippen LogP contribution in [-0.2, 0) is 27.5 Å². The molecule has 0 unspecified atom stereocenters. The zero-order valence-electron chi connectivity index (χ0n) is 16.9. The van der Waals surface area contributed by atoms with Gasteiger partial charge in [-0.15, -0.1) is 6.42 Å². The van der Waals surface area contributed by atoms with Crippen molar-refractivity contribution in [2.75, 3.05) is 13.3 Å².